The first-order valence-corrected chi connectivity index (χ1v) is 13.9. The molecule has 0 spiro atoms. The zero-order valence-corrected chi connectivity index (χ0v) is 23.0. The van der Waals surface area contributed by atoms with Gasteiger partial charge in [0.25, 0.3) is 15.9 Å². The van der Waals surface area contributed by atoms with Gasteiger partial charge >= 0.3 is 0 Å². The zero-order chi connectivity index (χ0) is 27.3. The van der Waals surface area contributed by atoms with Gasteiger partial charge < -0.3 is 10.1 Å². The number of nitrogens with zero attached hydrogens (tertiary/aromatic N) is 1. The fraction of sp³-hybridized carbons (Fsp3) is 0.167. The van der Waals surface area contributed by atoms with Gasteiger partial charge in [0, 0.05) is 5.02 Å². The van der Waals surface area contributed by atoms with Crippen molar-refractivity contribution in [1.82, 2.24) is 5.32 Å². The number of hydrogen-bond acceptors (Lipinski definition) is 4. The lowest BCUT2D eigenvalue weighted by atomic mass is 10.1. The highest BCUT2D eigenvalue weighted by atomic mass is 35.5. The van der Waals surface area contributed by atoms with Crippen molar-refractivity contribution >= 4 is 33.2 Å². The van der Waals surface area contributed by atoms with Crippen molar-refractivity contribution in [2.24, 2.45) is 0 Å². The molecule has 0 aliphatic carbocycles. The number of ether oxygens (including phenoxy) is 1. The molecule has 0 unspecified atom stereocenters. The van der Waals surface area contributed by atoms with E-state index >= 15 is 0 Å². The van der Waals surface area contributed by atoms with E-state index in [4.69, 9.17) is 16.3 Å². The average molecular weight is 549 g/mol. The lowest BCUT2D eigenvalue weighted by Gasteiger charge is -2.27. The number of nitrogens with one attached hydrogen (secondary N) is 1. The number of sulfonamides is 1. The molecule has 38 heavy (non-hydrogen) atoms. The molecule has 0 bridgehead atoms. The van der Waals surface area contributed by atoms with E-state index in [9.17, 15) is 13.2 Å². The molecule has 196 valence electrons. The number of carbonyl (C=O) groups is 1. The topological polar surface area (TPSA) is 75.7 Å². The Bertz CT molecular complexity index is 1500. The minimum absolute atomic E-state index is 0.0195. The fourth-order valence-corrected chi connectivity index (χ4v) is 5.62. The third kappa shape index (κ3) is 6.18. The van der Waals surface area contributed by atoms with Crippen molar-refractivity contribution in [1.29, 1.82) is 0 Å². The monoisotopic (exact) mass is 548 g/mol. The van der Waals surface area contributed by atoms with Crippen LogP contribution in [-0.2, 0) is 16.6 Å². The summed E-state index contributed by atoms with van der Waals surface area (Å²) in [4.78, 5) is 13.6. The molecule has 0 aliphatic heterocycles. The lowest BCUT2D eigenvalue weighted by molar-refractivity contribution is 0.0940. The molecule has 0 aliphatic rings. The third-order valence-electron chi connectivity index (χ3n) is 6.23. The summed E-state index contributed by atoms with van der Waals surface area (Å²) in [5.74, 6) is 0.334. The number of benzene rings is 4. The quantitative estimate of drug-likeness (QED) is 0.257. The molecule has 0 fully saturated rings. The first-order valence-electron chi connectivity index (χ1n) is 12.1. The SMILES string of the molecule is COc1ccc([C@H](C)NC(=O)c2ccccc2N(Cc2ccc(Cl)cc2)S(=O)(=O)c2ccc(C)cc2)cc1. The van der Waals surface area contributed by atoms with Crippen LogP contribution in [0.15, 0.2) is 102 Å². The zero-order valence-electron chi connectivity index (χ0n) is 21.4. The summed E-state index contributed by atoms with van der Waals surface area (Å²) in [5.41, 5.74) is 3.09. The van der Waals surface area contributed by atoms with Crippen LogP contribution in [0.5, 0.6) is 5.75 Å². The lowest BCUT2D eigenvalue weighted by Crippen LogP contribution is -2.34. The molecule has 0 aromatic heterocycles. The molecule has 4 aromatic rings. The van der Waals surface area contributed by atoms with Gasteiger partial charge in [-0.05, 0) is 73.5 Å². The molecular formula is C30H29ClN2O4S. The van der Waals surface area contributed by atoms with Crippen LogP contribution in [0.4, 0.5) is 5.69 Å². The van der Waals surface area contributed by atoms with Crippen LogP contribution in [0.3, 0.4) is 0 Å². The number of halogens is 1. The summed E-state index contributed by atoms with van der Waals surface area (Å²) in [6, 6.07) is 27.4. The van der Waals surface area contributed by atoms with Gasteiger partial charge in [-0.3, -0.25) is 9.10 Å². The fourth-order valence-electron chi connectivity index (χ4n) is 4.03. The number of aryl methyl sites for hydroxylation is 1. The Morgan fingerprint density at radius 2 is 1.55 bits per heavy atom. The summed E-state index contributed by atoms with van der Waals surface area (Å²) < 4.78 is 34.4. The van der Waals surface area contributed by atoms with E-state index in [1.165, 1.54) is 4.31 Å². The molecule has 4 aromatic carbocycles. The van der Waals surface area contributed by atoms with E-state index in [-0.39, 0.29) is 34.6 Å². The van der Waals surface area contributed by atoms with Crippen LogP contribution < -0.4 is 14.4 Å². The van der Waals surface area contributed by atoms with Crippen molar-refractivity contribution in [2.75, 3.05) is 11.4 Å². The molecule has 1 N–H and O–H groups in total. The first kappa shape index (κ1) is 27.2. The van der Waals surface area contributed by atoms with Gasteiger partial charge in [0.1, 0.15) is 5.75 Å². The van der Waals surface area contributed by atoms with Gasteiger partial charge in [-0.15, -0.1) is 0 Å². The van der Waals surface area contributed by atoms with Crippen LogP contribution in [0.2, 0.25) is 5.02 Å². The van der Waals surface area contributed by atoms with Gasteiger partial charge in [-0.1, -0.05) is 65.7 Å². The highest BCUT2D eigenvalue weighted by Gasteiger charge is 2.29. The second kappa shape index (κ2) is 11.7. The van der Waals surface area contributed by atoms with Crippen LogP contribution in [0, 0.1) is 6.92 Å². The molecule has 0 radical (unpaired) electrons. The summed E-state index contributed by atoms with van der Waals surface area (Å²) in [5, 5.41) is 3.55. The number of methoxy groups -OCH3 is 1. The standard InChI is InChI=1S/C30H29ClN2O4S/c1-21-8-18-27(19-9-21)38(35,36)33(20-23-10-14-25(31)15-11-23)29-7-5-4-6-28(29)30(34)32-22(2)24-12-16-26(37-3)17-13-24/h4-19,22H,20H2,1-3H3,(H,32,34)/t22-/m0/s1. The average Bonchev–Trinajstić information content (AvgIpc) is 2.93. The van der Waals surface area contributed by atoms with Crippen molar-refractivity contribution in [2.45, 2.75) is 31.3 Å². The molecule has 0 heterocycles. The Morgan fingerprint density at radius 1 is 0.921 bits per heavy atom. The van der Waals surface area contributed by atoms with Gasteiger partial charge in [0.15, 0.2) is 0 Å². The smallest absolute Gasteiger partial charge is 0.264 e. The van der Waals surface area contributed by atoms with Crippen LogP contribution in [0.25, 0.3) is 0 Å². The first-order chi connectivity index (χ1) is 18.2. The Morgan fingerprint density at radius 3 is 2.18 bits per heavy atom. The summed E-state index contributed by atoms with van der Waals surface area (Å²) in [7, 11) is -2.42. The second-order valence-corrected chi connectivity index (χ2v) is 11.2. The van der Waals surface area contributed by atoms with Gasteiger partial charge in [-0.2, -0.15) is 0 Å². The maximum Gasteiger partial charge on any atom is 0.264 e. The third-order valence-corrected chi connectivity index (χ3v) is 8.26. The molecule has 0 saturated carbocycles. The van der Waals surface area contributed by atoms with Crippen molar-refractivity contribution in [3.05, 3.63) is 124 Å². The van der Waals surface area contributed by atoms with Crippen LogP contribution in [0.1, 0.15) is 40.0 Å². The van der Waals surface area contributed by atoms with E-state index in [1.807, 2.05) is 38.1 Å². The normalized spacial score (nSPS) is 12.0. The number of rotatable bonds is 9. The highest BCUT2D eigenvalue weighted by molar-refractivity contribution is 7.92. The molecule has 1 amide bonds. The number of carbonyl (C=O) groups excluding carboxylic acids is 1. The predicted molar refractivity (Wildman–Crippen MR) is 151 cm³/mol. The number of amides is 1. The van der Waals surface area contributed by atoms with E-state index in [0.717, 1.165) is 22.4 Å². The maximum absolute atomic E-state index is 14.0. The Kier molecular flexibility index (Phi) is 8.39. The Balaban J connectivity index is 1.72. The van der Waals surface area contributed by atoms with Gasteiger partial charge in [0.2, 0.25) is 0 Å². The number of anilines is 1. The minimum Gasteiger partial charge on any atom is -0.497 e. The molecule has 4 rings (SSSR count). The van der Waals surface area contributed by atoms with E-state index in [0.29, 0.717) is 5.02 Å². The predicted octanol–water partition coefficient (Wildman–Crippen LogP) is 6.54. The van der Waals surface area contributed by atoms with Crippen molar-refractivity contribution in [3.63, 3.8) is 0 Å². The summed E-state index contributed by atoms with van der Waals surface area (Å²) in [6.45, 7) is 3.79. The van der Waals surface area contributed by atoms with Crippen LogP contribution >= 0.6 is 11.6 Å². The minimum atomic E-state index is -4.02. The largest absolute Gasteiger partial charge is 0.497 e. The number of hydrogen-bond donors (Lipinski definition) is 1. The van der Waals surface area contributed by atoms with E-state index in [2.05, 4.69) is 5.32 Å². The maximum atomic E-state index is 14.0. The molecule has 6 nitrogen and oxygen atoms in total. The van der Waals surface area contributed by atoms with Gasteiger partial charge in [0.05, 0.1) is 35.8 Å². The molecule has 0 saturated heterocycles. The summed E-state index contributed by atoms with van der Waals surface area (Å²) in [6.07, 6.45) is 0. The van der Waals surface area contributed by atoms with E-state index < -0.39 is 10.0 Å². The van der Waals surface area contributed by atoms with Crippen molar-refractivity contribution < 1.29 is 17.9 Å². The van der Waals surface area contributed by atoms with Gasteiger partial charge in [-0.25, -0.2) is 8.42 Å². The second-order valence-electron chi connectivity index (χ2n) is 8.94. The van der Waals surface area contributed by atoms with Crippen LogP contribution in [-0.4, -0.2) is 21.4 Å². The Labute approximate surface area is 228 Å². The van der Waals surface area contributed by atoms with E-state index in [1.54, 1.807) is 79.9 Å². The highest BCUT2D eigenvalue weighted by Crippen LogP contribution is 2.30. The molecule has 1 atom stereocenters. The number of para-hydroxylation sites is 1. The molecular weight excluding hydrogens is 520 g/mol. The summed E-state index contributed by atoms with van der Waals surface area (Å²) >= 11 is 6.06. The Hall–Kier alpha value is -3.81. The molecule has 8 heteroatoms. The van der Waals surface area contributed by atoms with Crippen molar-refractivity contribution in [3.8, 4) is 5.75 Å².